The predicted molar refractivity (Wildman–Crippen MR) is 49.5 cm³/mol. The molecule has 0 radical (unpaired) electrons. The highest BCUT2D eigenvalue weighted by Crippen LogP contribution is 2.17. The van der Waals surface area contributed by atoms with E-state index in [0.717, 1.165) is 25.7 Å². The molecule has 72 valence electrons. The molecule has 1 aliphatic carbocycles. The van der Waals surface area contributed by atoms with E-state index < -0.39 is 10.0 Å². The van der Waals surface area contributed by atoms with Crippen LogP contribution in [0.1, 0.15) is 38.5 Å². The van der Waals surface area contributed by atoms with E-state index in [0.29, 0.717) is 0 Å². The first-order valence-electron chi connectivity index (χ1n) is 4.55. The summed E-state index contributed by atoms with van der Waals surface area (Å²) in [6.07, 6.45) is 8.07. The topological polar surface area (TPSA) is 46.2 Å². The summed E-state index contributed by atoms with van der Waals surface area (Å²) >= 11 is 0. The molecule has 0 aliphatic heterocycles. The first-order valence-corrected chi connectivity index (χ1v) is 6.44. The zero-order valence-electron chi connectivity index (χ0n) is 7.54. The smallest absolute Gasteiger partial charge is 0.208 e. The standard InChI is InChI=1S/C8H17NO2S/c1-12(10,11)9-8-6-4-2-3-5-7-8/h8-9H,2-7H2,1H3. The van der Waals surface area contributed by atoms with Gasteiger partial charge in [-0.25, -0.2) is 13.1 Å². The molecule has 0 spiro atoms. The molecule has 1 N–H and O–H groups in total. The van der Waals surface area contributed by atoms with Gasteiger partial charge in [-0.05, 0) is 12.8 Å². The Labute approximate surface area is 74.6 Å². The quantitative estimate of drug-likeness (QED) is 0.668. The van der Waals surface area contributed by atoms with Crippen molar-refractivity contribution in [3.8, 4) is 0 Å². The molecule has 0 bridgehead atoms. The number of nitrogens with one attached hydrogen (secondary N) is 1. The lowest BCUT2D eigenvalue weighted by Crippen LogP contribution is -2.33. The fourth-order valence-corrected chi connectivity index (χ4v) is 2.54. The van der Waals surface area contributed by atoms with Gasteiger partial charge in [-0.2, -0.15) is 0 Å². The van der Waals surface area contributed by atoms with Gasteiger partial charge in [0, 0.05) is 6.04 Å². The molecule has 4 heteroatoms. The first-order chi connectivity index (χ1) is 5.58. The summed E-state index contributed by atoms with van der Waals surface area (Å²) < 4.78 is 24.5. The van der Waals surface area contributed by atoms with Gasteiger partial charge >= 0.3 is 0 Å². The van der Waals surface area contributed by atoms with Gasteiger partial charge in [0.05, 0.1) is 6.26 Å². The van der Waals surface area contributed by atoms with Crippen LogP contribution >= 0.6 is 0 Å². The van der Waals surface area contributed by atoms with Gasteiger partial charge in [0.2, 0.25) is 10.0 Å². The molecular weight excluding hydrogens is 174 g/mol. The molecular formula is C8H17NO2S. The van der Waals surface area contributed by atoms with Crippen LogP contribution in [-0.4, -0.2) is 20.7 Å². The van der Waals surface area contributed by atoms with Gasteiger partial charge < -0.3 is 0 Å². The third-order valence-corrected chi connectivity index (χ3v) is 3.00. The summed E-state index contributed by atoms with van der Waals surface area (Å²) in [5.74, 6) is 0. The van der Waals surface area contributed by atoms with Crippen LogP contribution in [0, 0.1) is 0 Å². The van der Waals surface area contributed by atoms with Gasteiger partial charge in [-0.15, -0.1) is 0 Å². The van der Waals surface area contributed by atoms with Crippen molar-refractivity contribution in [3.05, 3.63) is 0 Å². The average molecular weight is 191 g/mol. The van der Waals surface area contributed by atoms with Crippen LogP contribution in [0.15, 0.2) is 0 Å². The second-order valence-electron chi connectivity index (χ2n) is 3.58. The summed E-state index contributed by atoms with van der Waals surface area (Å²) in [7, 11) is -2.99. The van der Waals surface area contributed by atoms with Crippen LogP contribution in [0.3, 0.4) is 0 Å². The SMILES string of the molecule is CS(=O)(=O)NC1CCCCCC1. The minimum Gasteiger partial charge on any atom is -0.213 e. The van der Waals surface area contributed by atoms with Crippen LogP contribution in [-0.2, 0) is 10.0 Å². The predicted octanol–water partition coefficient (Wildman–Crippen LogP) is 1.26. The zero-order chi connectivity index (χ0) is 9.03. The molecule has 1 fully saturated rings. The maximum atomic E-state index is 10.9. The lowest BCUT2D eigenvalue weighted by molar-refractivity contribution is 0.513. The fourth-order valence-electron chi connectivity index (χ4n) is 1.70. The summed E-state index contributed by atoms with van der Waals surface area (Å²) in [6, 6.07) is 0.197. The van der Waals surface area contributed by atoms with Crippen LogP contribution in [0.25, 0.3) is 0 Å². The Balaban J connectivity index is 2.40. The minimum atomic E-state index is -2.99. The Hall–Kier alpha value is -0.0900. The number of hydrogen-bond donors (Lipinski definition) is 1. The summed E-state index contributed by atoms with van der Waals surface area (Å²) in [6.45, 7) is 0. The van der Waals surface area contributed by atoms with Crippen LogP contribution < -0.4 is 4.72 Å². The van der Waals surface area contributed by atoms with Gasteiger partial charge in [0.1, 0.15) is 0 Å². The fraction of sp³-hybridized carbons (Fsp3) is 1.00. The normalized spacial score (nSPS) is 22.1. The van der Waals surface area contributed by atoms with E-state index in [1.54, 1.807) is 0 Å². The lowest BCUT2D eigenvalue weighted by atomic mass is 10.1. The van der Waals surface area contributed by atoms with Gasteiger partial charge in [0.25, 0.3) is 0 Å². The highest BCUT2D eigenvalue weighted by molar-refractivity contribution is 7.88. The summed E-state index contributed by atoms with van der Waals surface area (Å²) in [5.41, 5.74) is 0. The molecule has 1 rings (SSSR count). The van der Waals surface area contributed by atoms with Crippen molar-refractivity contribution in [2.24, 2.45) is 0 Å². The van der Waals surface area contributed by atoms with Crippen LogP contribution in [0.5, 0.6) is 0 Å². The second kappa shape index (κ2) is 4.23. The molecule has 12 heavy (non-hydrogen) atoms. The Kier molecular flexibility index (Phi) is 3.53. The van der Waals surface area contributed by atoms with Crippen molar-refractivity contribution in [1.29, 1.82) is 0 Å². The molecule has 0 heterocycles. The summed E-state index contributed by atoms with van der Waals surface area (Å²) in [4.78, 5) is 0. The molecule has 0 aromatic carbocycles. The van der Waals surface area contributed by atoms with Crippen molar-refractivity contribution < 1.29 is 8.42 Å². The van der Waals surface area contributed by atoms with E-state index in [2.05, 4.69) is 4.72 Å². The van der Waals surface area contributed by atoms with Crippen LogP contribution in [0.2, 0.25) is 0 Å². The largest absolute Gasteiger partial charge is 0.213 e. The van der Waals surface area contributed by atoms with Crippen molar-refractivity contribution in [1.82, 2.24) is 4.72 Å². The monoisotopic (exact) mass is 191 g/mol. The first kappa shape index (κ1) is 9.99. The molecule has 0 atom stereocenters. The number of sulfonamides is 1. The molecule has 0 aromatic heterocycles. The van der Waals surface area contributed by atoms with E-state index in [4.69, 9.17) is 0 Å². The Morgan fingerprint density at radius 3 is 2.00 bits per heavy atom. The van der Waals surface area contributed by atoms with Crippen molar-refractivity contribution in [2.45, 2.75) is 44.6 Å². The third kappa shape index (κ3) is 4.07. The molecule has 0 aromatic rings. The minimum absolute atomic E-state index is 0.197. The van der Waals surface area contributed by atoms with E-state index in [1.165, 1.54) is 19.1 Å². The van der Waals surface area contributed by atoms with E-state index in [1.807, 2.05) is 0 Å². The Morgan fingerprint density at radius 1 is 1.08 bits per heavy atom. The number of rotatable bonds is 2. The second-order valence-corrected chi connectivity index (χ2v) is 5.36. The molecule has 0 saturated heterocycles. The maximum Gasteiger partial charge on any atom is 0.208 e. The van der Waals surface area contributed by atoms with E-state index in [-0.39, 0.29) is 6.04 Å². The number of hydrogen-bond acceptors (Lipinski definition) is 2. The van der Waals surface area contributed by atoms with Gasteiger partial charge in [0.15, 0.2) is 0 Å². The molecule has 0 amide bonds. The zero-order valence-corrected chi connectivity index (χ0v) is 8.36. The lowest BCUT2D eigenvalue weighted by Gasteiger charge is -2.13. The molecule has 1 aliphatic rings. The Bertz CT molecular complexity index is 215. The van der Waals surface area contributed by atoms with Crippen molar-refractivity contribution in [3.63, 3.8) is 0 Å². The van der Waals surface area contributed by atoms with Gasteiger partial charge in [-0.3, -0.25) is 0 Å². The van der Waals surface area contributed by atoms with E-state index in [9.17, 15) is 8.42 Å². The van der Waals surface area contributed by atoms with E-state index >= 15 is 0 Å². The molecule has 1 saturated carbocycles. The van der Waals surface area contributed by atoms with Crippen molar-refractivity contribution in [2.75, 3.05) is 6.26 Å². The highest BCUT2D eigenvalue weighted by atomic mass is 32.2. The highest BCUT2D eigenvalue weighted by Gasteiger charge is 2.15. The Morgan fingerprint density at radius 2 is 1.58 bits per heavy atom. The van der Waals surface area contributed by atoms with Gasteiger partial charge in [-0.1, -0.05) is 25.7 Å². The molecule has 0 unspecified atom stereocenters. The maximum absolute atomic E-state index is 10.9. The molecule has 3 nitrogen and oxygen atoms in total. The van der Waals surface area contributed by atoms with Crippen LogP contribution in [0.4, 0.5) is 0 Å². The average Bonchev–Trinajstić information content (AvgIpc) is 2.12. The van der Waals surface area contributed by atoms with Crippen molar-refractivity contribution >= 4 is 10.0 Å². The third-order valence-electron chi connectivity index (χ3n) is 2.24. The summed E-state index contributed by atoms with van der Waals surface area (Å²) in [5, 5.41) is 0.